The van der Waals surface area contributed by atoms with Crippen molar-refractivity contribution in [1.29, 1.82) is 0 Å². The highest BCUT2D eigenvalue weighted by molar-refractivity contribution is 6.33. The van der Waals surface area contributed by atoms with Crippen LogP contribution in [0.3, 0.4) is 0 Å². The van der Waals surface area contributed by atoms with Crippen molar-refractivity contribution in [3.05, 3.63) is 64.8 Å². The third-order valence-corrected chi connectivity index (χ3v) is 4.06. The number of H-pyrrole nitrogens is 1. The molecule has 0 saturated carbocycles. The summed E-state index contributed by atoms with van der Waals surface area (Å²) in [5.41, 5.74) is 5.86. The first-order chi connectivity index (χ1) is 9.83. The molecule has 0 bridgehead atoms. The number of anilines is 1. The van der Waals surface area contributed by atoms with Gasteiger partial charge in [0.05, 0.1) is 0 Å². The van der Waals surface area contributed by atoms with E-state index in [2.05, 4.69) is 40.6 Å². The van der Waals surface area contributed by atoms with E-state index >= 15 is 0 Å². The Morgan fingerprint density at radius 2 is 1.80 bits per heavy atom. The molecular formula is C17H13ClN2. The van der Waals surface area contributed by atoms with Gasteiger partial charge in [-0.15, -0.1) is 0 Å². The SMILES string of the molecule is Clc1[nH]c2ccccc2c1C=C1CNc2ccccc21. The quantitative estimate of drug-likeness (QED) is 0.659. The number of nitrogens with one attached hydrogen (secondary N) is 2. The van der Waals surface area contributed by atoms with Crippen LogP contribution in [0.5, 0.6) is 0 Å². The smallest absolute Gasteiger partial charge is 0.114 e. The molecule has 0 spiro atoms. The lowest BCUT2D eigenvalue weighted by Crippen LogP contribution is -1.91. The van der Waals surface area contributed by atoms with Crippen molar-refractivity contribution in [3.63, 3.8) is 0 Å². The summed E-state index contributed by atoms with van der Waals surface area (Å²) in [7, 11) is 0. The minimum Gasteiger partial charge on any atom is -0.380 e. The van der Waals surface area contributed by atoms with Gasteiger partial charge in [-0.2, -0.15) is 0 Å². The molecule has 0 radical (unpaired) electrons. The highest BCUT2D eigenvalue weighted by atomic mass is 35.5. The van der Waals surface area contributed by atoms with Crippen LogP contribution in [-0.4, -0.2) is 11.5 Å². The van der Waals surface area contributed by atoms with E-state index in [4.69, 9.17) is 11.6 Å². The van der Waals surface area contributed by atoms with Crippen molar-refractivity contribution in [2.75, 3.05) is 11.9 Å². The molecule has 2 heterocycles. The van der Waals surface area contributed by atoms with E-state index in [1.807, 2.05) is 24.3 Å². The Hall–Kier alpha value is -2.19. The summed E-state index contributed by atoms with van der Waals surface area (Å²) >= 11 is 6.35. The van der Waals surface area contributed by atoms with Gasteiger partial charge in [-0.25, -0.2) is 0 Å². The van der Waals surface area contributed by atoms with Gasteiger partial charge in [0.15, 0.2) is 0 Å². The van der Waals surface area contributed by atoms with Gasteiger partial charge >= 0.3 is 0 Å². The second kappa shape index (κ2) is 4.43. The van der Waals surface area contributed by atoms with Crippen LogP contribution in [0.2, 0.25) is 5.15 Å². The number of hydrogen-bond acceptors (Lipinski definition) is 1. The Morgan fingerprint density at radius 3 is 2.75 bits per heavy atom. The van der Waals surface area contributed by atoms with Crippen LogP contribution in [0.4, 0.5) is 5.69 Å². The van der Waals surface area contributed by atoms with E-state index in [1.54, 1.807) is 0 Å². The monoisotopic (exact) mass is 280 g/mol. The Balaban J connectivity index is 1.90. The largest absolute Gasteiger partial charge is 0.380 e. The molecule has 3 aromatic rings. The summed E-state index contributed by atoms with van der Waals surface area (Å²) in [5.74, 6) is 0. The van der Waals surface area contributed by atoms with Crippen molar-refractivity contribution < 1.29 is 0 Å². The fourth-order valence-corrected chi connectivity index (χ4v) is 3.04. The van der Waals surface area contributed by atoms with Gasteiger partial charge in [0.25, 0.3) is 0 Å². The lowest BCUT2D eigenvalue weighted by Gasteiger charge is -1.99. The zero-order valence-corrected chi connectivity index (χ0v) is 11.5. The molecule has 0 amide bonds. The molecule has 0 unspecified atom stereocenters. The average Bonchev–Trinajstić information content (AvgIpc) is 3.02. The molecular weight excluding hydrogens is 268 g/mol. The Labute approximate surface area is 122 Å². The normalized spacial score (nSPS) is 15.6. The van der Waals surface area contributed by atoms with Crippen LogP contribution < -0.4 is 5.32 Å². The average molecular weight is 281 g/mol. The third-order valence-electron chi connectivity index (χ3n) is 3.76. The second-order valence-corrected chi connectivity index (χ2v) is 5.34. The zero-order chi connectivity index (χ0) is 13.5. The molecule has 1 aromatic heterocycles. The highest BCUT2D eigenvalue weighted by Crippen LogP contribution is 2.35. The first-order valence-corrected chi connectivity index (χ1v) is 7.01. The number of aromatic nitrogens is 1. The second-order valence-electron chi connectivity index (χ2n) is 4.97. The van der Waals surface area contributed by atoms with E-state index in [-0.39, 0.29) is 0 Å². The highest BCUT2D eigenvalue weighted by Gasteiger charge is 2.16. The van der Waals surface area contributed by atoms with Crippen molar-refractivity contribution in [2.24, 2.45) is 0 Å². The standard InChI is InChI=1S/C17H13ClN2/c18-17-14(13-6-2-4-8-16(13)20-17)9-11-10-19-15-7-3-1-5-12(11)15/h1-9,19-20H,10H2. The van der Waals surface area contributed by atoms with Crippen molar-refractivity contribution >= 4 is 39.8 Å². The van der Waals surface area contributed by atoms with Crippen LogP contribution in [0.15, 0.2) is 48.5 Å². The Kier molecular flexibility index (Phi) is 2.57. The lowest BCUT2D eigenvalue weighted by atomic mass is 10.0. The van der Waals surface area contributed by atoms with Crippen LogP contribution in [0.25, 0.3) is 22.6 Å². The summed E-state index contributed by atoms with van der Waals surface area (Å²) < 4.78 is 0. The minimum atomic E-state index is 0.697. The maximum atomic E-state index is 6.35. The summed E-state index contributed by atoms with van der Waals surface area (Å²) in [6, 6.07) is 16.6. The summed E-state index contributed by atoms with van der Waals surface area (Å²) in [5, 5.41) is 5.27. The number of benzene rings is 2. The molecule has 0 aliphatic carbocycles. The van der Waals surface area contributed by atoms with E-state index in [0.717, 1.165) is 23.0 Å². The number of halogens is 1. The van der Waals surface area contributed by atoms with Gasteiger partial charge in [-0.1, -0.05) is 48.0 Å². The molecule has 1 aliphatic rings. The van der Waals surface area contributed by atoms with Gasteiger partial charge in [0.1, 0.15) is 5.15 Å². The predicted octanol–water partition coefficient (Wildman–Crippen LogP) is 4.79. The Morgan fingerprint density at radius 1 is 1.00 bits per heavy atom. The maximum absolute atomic E-state index is 6.35. The molecule has 3 heteroatoms. The zero-order valence-electron chi connectivity index (χ0n) is 10.8. The topological polar surface area (TPSA) is 27.8 Å². The van der Waals surface area contributed by atoms with E-state index in [1.165, 1.54) is 16.8 Å². The molecule has 1 aliphatic heterocycles. The van der Waals surface area contributed by atoms with Gasteiger partial charge in [0.2, 0.25) is 0 Å². The summed E-state index contributed by atoms with van der Waals surface area (Å²) in [4.78, 5) is 3.23. The van der Waals surface area contributed by atoms with E-state index < -0.39 is 0 Å². The number of para-hydroxylation sites is 2. The van der Waals surface area contributed by atoms with E-state index in [0.29, 0.717) is 5.15 Å². The van der Waals surface area contributed by atoms with Crippen LogP contribution in [-0.2, 0) is 0 Å². The molecule has 0 saturated heterocycles. The Bertz CT molecular complexity index is 830. The first-order valence-electron chi connectivity index (χ1n) is 6.63. The molecule has 2 N–H and O–H groups in total. The van der Waals surface area contributed by atoms with Crippen molar-refractivity contribution in [1.82, 2.24) is 4.98 Å². The molecule has 98 valence electrons. The van der Waals surface area contributed by atoms with Crippen molar-refractivity contribution in [2.45, 2.75) is 0 Å². The number of aromatic amines is 1. The fraction of sp³-hybridized carbons (Fsp3) is 0.0588. The molecule has 2 nitrogen and oxygen atoms in total. The minimum absolute atomic E-state index is 0.697. The van der Waals surface area contributed by atoms with Crippen LogP contribution in [0, 0.1) is 0 Å². The molecule has 0 fully saturated rings. The number of rotatable bonds is 1. The lowest BCUT2D eigenvalue weighted by molar-refractivity contribution is 1.45. The molecule has 4 rings (SSSR count). The first kappa shape index (κ1) is 11.6. The molecule has 0 atom stereocenters. The van der Waals surface area contributed by atoms with Gasteiger partial charge in [0, 0.05) is 34.3 Å². The van der Waals surface area contributed by atoms with Crippen molar-refractivity contribution in [3.8, 4) is 0 Å². The summed E-state index contributed by atoms with van der Waals surface area (Å²) in [6.45, 7) is 0.842. The maximum Gasteiger partial charge on any atom is 0.114 e. The van der Waals surface area contributed by atoms with Gasteiger partial charge in [-0.3, -0.25) is 0 Å². The number of fused-ring (bicyclic) bond motifs is 2. The third kappa shape index (κ3) is 1.73. The van der Waals surface area contributed by atoms with Gasteiger partial charge in [-0.05, 0) is 23.8 Å². The molecule has 20 heavy (non-hydrogen) atoms. The van der Waals surface area contributed by atoms with Crippen LogP contribution in [0.1, 0.15) is 11.1 Å². The predicted molar refractivity (Wildman–Crippen MR) is 86.1 cm³/mol. The molecule has 2 aromatic carbocycles. The van der Waals surface area contributed by atoms with E-state index in [9.17, 15) is 0 Å². The van der Waals surface area contributed by atoms with Crippen LogP contribution >= 0.6 is 11.6 Å². The number of hydrogen-bond donors (Lipinski definition) is 2. The van der Waals surface area contributed by atoms with Gasteiger partial charge < -0.3 is 10.3 Å². The fourth-order valence-electron chi connectivity index (χ4n) is 2.78. The summed E-state index contributed by atoms with van der Waals surface area (Å²) in [6.07, 6.45) is 2.18.